The highest BCUT2D eigenvalue weighted by molar-refractivity contribution is 7.13. The summed E-state index contributed by atoms with van der Waals surface area (Å²) in [7, 11) is 0. The number of hydrogen-bond donors (Lipinski definition) is 2. The lowest BCUT2D eigenvalue weighted by atomic mass is 10.3. The van der Waals surface area contributed by atoms with Crippen molar-refractivity contribution in [1.82, 2.24) is 4.98 Å². The first-order valence-electron chi connectivity index (χ1n) is 4.82. The summed E-state index contributed by atoms with van der Waals surface area (Å²) in [5, 5.41) is 13.7. The summed E-state index contributed by atoms with van der Waals surface area (Å²) in [6, 6.07) is 5.99. The van der Waals surface area contributed by atoms with Crippen LogP contribution in [0.15, 0.2) is 29.6 Å². The average Bonchev–Trinajstić information content (AvgIpc) is 2.64. The fourth-order valence-electron chi connectivity index (χ4n) is 1.29. The number of aliphatic carboxylic acids is 1. The summed E-state index contributed by atoms with van der Waals surface area (Å²) in [5.41, 5.74) is 1.07. The van der Waals surface area contributed by atoms with Crippen molar-refractivity contribution in [3.05, 3.63) is 41.2 Å². The normalized spacial score (nSPS) is 10.2. The van der Waals surface area contributed by atoms with Crippen LogP contribution in [0.1, 0.15) is 5.69 Å². The van der Waals surface area contributed by atoms with Crippen LogP contribution in [0.3, 0.4) is 0 Å². The number of carboxylic acids is 1. The van der Waals surface area contributed by atoms with Gasteiger partial charge in [-0.2, -0.15) is 0 Å². The van der Waals surface area contributed by atoms with Crippen LogP contribution >= 0.6 is 11.3 Å². The topological polar surface area (TPSA) is 62.2 Å². The Hall–Kier alpha value is -1.95. The predicted octanol–water partition coefficient (Wildman–Crippen LogP) is 2.65. The molecule has 0 fully saturated rings. The van der Waals surface area contributed by atoms with Crippen LogP contribution in [-0.2, 0) is 11.2 Å². The molecule has 0 unspecified atom stereocenters. The maximum absolute atomic E-state index is 12.9. The fraction of sp³-hybridized carbons (Fsp3) is 0.0909. The molecule has 4 nitrogen and oxygen atoms in total. The molecule has 2 N–H and O–H groups in total. The maximum Gasteiger partial charge on any atom is 0.309 e. The second kappa shape index (κ2) is 4.92. The molecule has 0 saturated heterocycles. The third-order valence-corrected chi connectivity index (χ3v) is 2.77. The fourth-order valence-corrected chi connectivity index (χ4v) is 2.02. The van der Waals surface area contributed by atoms with Crippen molar-refractivity contribution in [2.24, 2.45) is 0 Å². The van der Waals surface area contributed by atoms with E-state index >= 15 is 0 Å². The highest BCUT2D eigenvalue weighted by atomic mass is 32.1. The zero-order chi connectivity index (χ0) is 12.3. The number of nitrogens with zero attached hydrogens (tertiary/aromatic N) is 1. The Morgan fingerprint density at radius 3 is 3.06 bits per heavy atom. The third kappa shape index (κ3) is 3.25. The summed E-state index contributed by atoms with van der Waals surface area (Å²) in [4.78, 5) is 14.6. The first kappa shape index (κ1) is 11.5. The van der Waals surface area contributed by atoms with Gasteiger partial charge in [0.2, 0.25) is 0 Å². The molecular formula is C11H9FN2O2S. The van der Waals surface area contributed by atoms with Crippen LogP contribution in [0.5, 0.6) is 0 Å². The van der Waals surface area contributed by atoms with E-state index < -0.39 is 5.97 Å². The minimum atomic E-state index is -0.924. The summed E-state index contributed by atoms with van der Waals surface area (Å²) in [5.74, 6) is -1.26. The summed E-state index contributed by atoms with van der Waals surface area (Å²) in [6.07, 6.45) is -0.110. The van der Waals surface area contributed by atoms with Gasteiger partial charge in [-0.15, -0.1) is 11.3 Å². The first-order chi connectivity index (χ1) is 8.13. The quantitative estimate of drug-likeness (QED) is 0.878. The first-order valence-corrected chi connectivity index (χ1v) is 5.70. The van der Waals surface area contributed by atoms with Crippen LogP contribution in [0, 0.1) is 5.82 Å². The Morgan fingerprint density at radius 1 is 1.53 bits per heavy atom. The van der Waals surface area contributed by atoms with Crippen LogP contribution in [0.25, 0.3) is 0 Å². The number of nitrogens with one attached hydrogen (secondary N) is 1. The average molecular weight is 252 g/mol. The van der Waals surface area contributed by atoms with Gasteiger partial charge in [0.05, 0.1) is 12.1 Å². The molecule has 0 aliphatic carbocycles. The second-order valence-corrected chi connectivity index (χ2v) is 4.21. The van der Waals surface area contributed by atoms with Crippen LogP contribution in [0.4, 0.5) is 15.2 Å². The van der Waals surface area contributed by atoms with Crippen molar-refractivity contribution in [2.45, 2.75) is 6.42 Å². The summed E-state index contributed by atoms with van der Waals surface area (Å²) >= 11 is 1.28. The molecule has 1 aromatic carbocycles. The van der Waals surface area contributed by atoms with Crippen molar-refractivity contribution in [2.75, 3.05) is 5.32 Å². The number of aromatic nitrogens is 1. The van der Waals surface area contributed by atoms with E-state index in [0.29, 0.717) is 16.5 Å². The van der Waals surface area contributed by atoms with E-state index in [1.807, 2.05) is 0 Å². The third-order valence-electron chi connectivity index (χ3n) is 1.96. The molecule has 0 spiro atoms. The molecule has 88 valence electrons. The predicted molar refractivity (Wildman–Crippen MR) is 63.1 cm³/mol. The van der Waals surface area contributed by atoms with Gasteiger partial charge in [-0.1, -0.05) is 6.07 Å². The Kier molecular flexibility index (Phi) is 3.34. The zero-order valence-corrected chi connectivity index (χ0v) is 9.50. The molecule has 1 aromatic heterocycles. The Morgan fingerprint density at radius 2 is 2.35 bits per heavy atom. The minimum absolute atomic E-state index is 0.110. The largest absolute Gasteiger partial charge is 0.481 e. The summed E-state index contributed by atoms with van der Waals surface area (Å²) < 4.78 is 12.9. The molecule has 0 radical (unpaired) electrons. The minimum Gasteiger partial charge on any atom is -0.481 e. The van der Waals surface area contributed by atoms with Crippen molar-refractivity contribution in [1.29, 1.82) is 0 Å². The van der Waals surface area contributed by atoms with Crippen LogP contribution < -0.4 is 5.32 Å². The summed E-state index contributed by atoms with van der Waals surface area (Å²) in [6.45, 7) is 0. The van der Waals surface area contributed by atoms with Gasteiger partial charge in [0.1, 0.15) is 5.82 Å². The molecule has 0 saturated carbocycles. The number of hydrogen-bond acceptors (Lipinski definition) is 4. The SMILES string of the molecule is O=C(O)Cc1csc(Nc2cccc(F)c2)n1. The van der Waals surface area contributed by atoms with Gasteiger partial charge in [-0.05, 0) is 18.2 Å². The molecule has 0 atom stereocenters. The molecule has 2 rings (SSSR count). The van der Waals surface area contributed by atoms with Gasteiger partial charge in [0.25, 0.3) is 0 Å². The molecule has 0 aliphatic rings. The lowest BCUT2D eigenvalue weighted by Gasteiger charge is -2.01. The van der Waals surface area contributed by atoms with E-state index in [1.165, 1.54) is 23.5 Å². The zero-order valence-electron chi connectivity index (χ0n) is 8.68. The number of anilines is 2. The lowest BCUT2D eigenvalue weighted by molar-refractivity contribution is -0.136. The van der Waals surface area contributed by atoms with Crippen molar-refractivity contribution in [3.8, 4) is 0 Å². The van der Waals surface area contributed by atoms with E-state index in [-0.39, 0.29) is 12.2 Å². The molecule has 0 aliphatic heterocycles. The molecule has 6 heteroatoms. The van der Waals surface area contributed by atoms with Crippen LogP contribution in [0.2, 0.25) is 0 Å². The van der Waals surface area contributed by atoms with Gasteiger partial charge in [0.15, 0.2) is 5.13 Å². The molecule has 0 amide bonds. The smallest absolute Gasteiger partial charge is 0.309 e. The monoisotopic (exact) mass is 252 g/mol. The van der Waals surface area contributed by atoms with Crippen LogP contribution in [-0.4, -0.2) is 16.1 Å². The molecule has 0 bridgehead atoms. The standard InChI is InChI=1S/C11H9FN2O2S/c12-7-2-1-3-8(4-7)13-11-14-9(6-17-11)5-10(15)16/h1-4,6H,5H2,(H,13,14)(H,15,16). The van der Waals surface area contributed by atoms with E-state index in [4.69, 9.17) is 5.11 Å². The number of rotatable bonds is 4. The van der Waals surface area contributed by atoms with Gasteiger partial charge < -0.3 is 10.4 Å². The van der Waals surface area contributed by atoms with E-state index in [9.17, 15) is 9.18 Å². The number of carboxylic acid groups (broad SMARTS) is 1. The van der Waals surface area contributed by atoms with Crippen molar-refractivity contribution < 1.29 is 14.3 Å². The number of benzene rings is 1. The molecule has 1 heterocycles. The number of halogens is 1. The van der Waals surface area contributed by atoms with E-state index in [1.54, 1.807) is 17.5 Å². The van der Waals surface area contributed by atoms with Gasteiger partial charge in [0, 0.05) is 11.1 Å². The van der Waals surface area contributed by atoms with Gasteiger partial charge in [-0.25, -0.2) is 9.37 Å². The Labute approximate surface area is 101 Å². The molecule has 17 heavy (non-hydrogen) atoms. The number of thiazole rings is 1. The molecular weight excluding hydrogens is 243 g/mol. The number of carbonyl (C=O) groups is 1. The van der Waals surface area contributed by atoms with E-state index in [0.717, 1.165) is 0 Å². The van der Waals surface area contributed by atoms with Gasteiger partial charge >= 0.3 is 5.97 Å². The second-order valence-electron chi connectivity index (χ2n) is 3.35. The van der Waals surface area contributed by atoms with Gasteiger partial charge in [-0.3, -0.25) is 4.79 Å². The lowest BCUT2D eigenvalue weighted by Crippen LogP contribution is -2.00. The maximum atomic E-state index is 12.9. The van der Waals surface area contributed by atoms with Crippen molar-refractivity contribution in [3.63, 3.8) is 0 Å². The molecule has 2 aromatic rings. The van der Waals surface area contributed by atoms with Crippen molar-refractivity contribution >= 4 is 28.1 Å². The highest BCUT2D eigenvalue weighted by Crippen LogP contribution is 2.21. The Bertz CT molecular complexity index is 542. The Balaban J connectivity index is 2.08. The highest BCUT2D eigenvalue weighted by Gasteiger charge is 2.06. The van der Waals surface area contributed by atoms with E-state index in [2.05, 4.69) is 10.3 Å².